The van der Waals surface area contributed by atoms with Gasteiger partial charge in [0, 0.05) is 24.4 Å². The maximum absolute atomic E-state index is 13.3. The van der Waals surface area contributed by atoms with Crippen molar-refractivity contribution in [3.8, 4) is 11.5 Å². The third-order valence-electron chi connectivity index (χ3n) is 5.16. The number of unbranched alkanes of at least 4 members (excludes halogenated alkanes) is 2. The monoisotopic (exact) mass is 490 g/mol. The first-order valence-corrected chi connectivity index (χ1v) is 11.1. The minimum absolute atomic E-state index is 0.0469. The van der Waals surface area contributed by atoms with E-state index in [1.807, 2.05) is 35.4 Å². The third-order valence-corrected chi connectivity index (χ3v) is 5.93. The van der Waals surface area contributed by atoms with E-state index in [2.05, 4.69) is 33.6 Å². The molecule has 1 atom stereocenters. The molecule has 2 aromatic rings. The number of ether oxygens (including phenoxy) is 2. The number of hydrogen-bond acceptors (Lipinski definition) is 4. The van der Waals surface area contributed by atoms with E-state index in [0.717, 1.165) is 29.4 Å². The zero-order valence-electron chi connectivity index (χ0n) is 15.9. The Balaban J connectivity index is 1.62. The van der Waals surface area contributed by atoms with E-state index < -0.39 is 0 Å². The summed E-state index contributed by atoms with van der Waals surface area (Å²) < 4.78 is 12.6. The van der Waals surface area contributed by atoms with Crippen LogP contribution in [0.4, 0.5) is 11.4 Å². The summed E-state index contributed by atoms with van der Waals surface area (Å²) in [5.41, 5.74) is 3.32. The van der Waals surface area contributed by atoms with Crippen molar-refractivity contribution in [2.45, 2.75) is 31.7 Å². The van der Waals surface area contributed by atoms with Crippen LogP contribution in [0.3, 0.4) is 0 Å². The average molecular weight is 490 g/mol. The second kappa shape index (κ2) is 8.51. The lowest BCUT2D eigenvalue weighted by atomic mass is 10.1. The Hall–Kier alpha value is -2.09. The van der Waals surface area contributed by atoms with Crippen molar-refractivity contribution >= 4 is 46.1 Å². The zero-order chi connectivity index (χ0) is 19.5. The van der Waals surface area contributed by atoms with Gasteiger partial charge in [-0.3, -0.25) is 14.7 Å². The summed E-state index contributed by atoms with van der Waals surface area (Å²) in [6.45, 7) is 0.631. The molecule has 0 fully saturated rings. The summed E-state index contributed by atoms with van der Waals surface area (Å²) in [5.74, 6) is 1.17. The first kappa shape index (κ1) is 19.2. The summed E-state index contributed by atoms with van der Waals surface area (Å²) in [5, 5.41) is 0. The fourth-order valence-corrected chi connectivity index (χ4v) is 4.28. The maximum Gasteiger partial charge on any atom is 0.261 e. The highest BCUT2D eigenvalue weighted by Crippen LogP contribution is 2.40. The van der Waals surface area contributed by atoms with Gasteiger partial charge in [-0.25, -0.2) is 0 Å². The van der Waals surface area contributed by atoms with Gasteiger partial charge in [0.25, 0.3) is 5.91 Å². The summed E-state index contributed by atoms with van der Waals surface area (Å²) in [6.07, 6.45) is 6.00. The van der Waals surface area contributed by atoms with E-state index in [4.69, 9.17) is 9.47 Å². The van der Waals surface area contributed by atoms with Crippen molar-refractivity contribution in [2.24, 2.45) is 4.99 Å². The van der Waals surface area contributed by atoms with Crippen LogP contribution < -0.4 is 14.4 Å². The molecule has 0 aliphatic carbocycles. The molecule has 0 radical (unpaired) electrons. The fourth-order valence-electron chi connectivity index (χ4n) is 3.74. The van der Waals surface area contributed by atoms with Gasteiger partial charge >= 0.3 is 0 Å². The van der Waals surface area contributed by atoms with Gasteiger partial charge in [0.05, 0.1) is 31.0 Å². The van der Waals surface area contributed by atoms with E-state index >= 15 is 0 Å². The van der Waals surface area contributed by atoms with Crippen molar-refractivity contribution in [3.63, 3.8) is 0 Å². The molecule has 146 valence electrons. The molecule has 1 unspecified atom stereocenters. The van der Waals surface area contributed by atoms with Gasteiger partial charge in [0.2, 0.25) is 0 Å². The predicted molar refractivity (Wildman–Crippen MR) is 120 cm³/mol. The highest BCUT2D eigenvalue weighted by Gasteiger charge is 2.36. The number of carbonyl (C=O) groups is 1. The molecule has 0 spiro atoms. The van der Waals surface area contributed by atoms with Gasteiger partial charge in [0.1, 0.15) is 0 Å². The summed E-state index contributed by atoms with van der Waals surface area (Å²) in [4.78, 5) is 19.8. The van der Waals surface area contributed by atoms with Crippen LogP contribution in [-0.4, -0.2) is 36.3 Å². The topological polar surface area (TPSA) is 51.1 Å². The van der Waals surface area contributed by atoms with Gasteiger partial charge in [-0.2, -0.15) is 0 Å². The number of methoxy groups -OCH3 is 1. The molecule has 28 heavy (non-hydrogen) atoms. The summed E-state index contributed by atoms with van der Waals surface area (Å²) in [7, 11) is 1.60. The molecular formula is C22H23IN2O3. The number of halogens is 1. The first-order valence-electron chi connectivity index (χ1n) is 9.59. The molecule has 2 heterocycles. The Bertz CT molecular complexity index is 913. The van der Waals surface area contributed by atoms with Crippen LogP contribution in [0.15, 0.2) is 41.4 Å². The second-order valence-corrected chi connectivity index (χ2v) is 8.05. The first-order chi connectivity index (χ1) is 13.7. The molecule has 0 bridgehead atoms. The lowest BCUT2D eigenvalue weighted by molar-refractivity contribution is 0.0986. The lowest BCUT2D eigenvalue weighted by Crippen LogP contribution is -2.37. The fraction of sp³-hybridized carbons (Fsp3) is 0.364. The summed E-state index contributed by atoms with van der Waals surface area (Å²) in [6, 6.07) is 11.6. The van der Waals surface area contributed by atoms with Gasteiger partial charge in [-0.15, -0.1) is 0 Å². The van der Waals surface area contributed by atoms with Crippen molar-refractivity contribution in [1.82, 2.24) is 0 Å². The third kappa shape index (κ3) is 3.62. The van der Waals surface area contributed by atoms with Gasteiger partial charge in [-0.05, 0) is 41.4 Å². The Labute approximate surface area is 178 Å². The number of fused-ring (bicyclic) bond motifs is 4. The molecule has 4 rings (SSSR count). The van der Waals surface area contributed by atoms with Crippen molar-refractivity contribution in [3.05, 3.63) is 47.5 Å². The van der Waals surface area contributed by atoms with Gasteiger partial charge < -0.3 is 9.47 Å². The largest absolute Gasteiger partial charge is 0.493 e. The second-order valence-electron chi connectivity index (χ2n) is 6.97. The minimum atomic E-state index is -0.0547. The van der Waals surface area contributed by atoms with Crippen LogP contribution in [0.2, 0.25) is 0 Å². The smallest absolute Gasteiger partial charge is 0.261 e. The molecule has 2 aromatic carbocycles. The van der Waals surface area contributed by atoms with E-state index in [1.54, 1.807) is 13.2 Å². The number of rotatable bonds is 7. The van der Waals surface area contributed by atoms with Crippen LogP contribution in [0.25, 0.3) is 0 Å². The van der Waals surface area contributed by atoms with Crippen molar-refractivity contribution < 1.29 is 14.3 Å². The Morgan fingerprint density at radius 3 is 2.86 bits per heavy atom. The molecule has 0 N–H and O–H groups in total. The number of benzene rings is 2. The van der Waals surface area contributed by atoms with E-state index in [9.17, 15) is 4.79 Å². The number of aliphatic imine (C=N–C) groups is 1. The Morgan fingerprint density at radius 2 is 2.04 bits per heavy atom. The standard InChI is InChI=1S/C22H23IN2O3/c1-27-20-12-17-18(13-21(20)28-10-6-2-5-9-23)24-14-16-11-15-7-3-4-8-19(15)25(16)22(17)26/h3-4,7-8,12-14,16H,2,5-6,9-11H2,1H3. The highest BCUT2D eigenvalue weighted by atomic mass is 127. The number of amides is 1. The van der Waals surface area contributed by atoms with Gasteiger partial charge in [-0.1, -0.05) is 40.8 Å². The molecule has 1 amide bonds. The molecule has 6 heteroatoms. The average Bonchev–Trinajstić information content (AvgIpc) is 3.03. The SMILES string of the molecule is COc1cc2c(cc1OCCCCCI)N=CC1Cc3ccccc3N1C2=O. The molecule has 5 nitrogen and oxygen atoms in total. The van der Waals surface area contributed by atoms with E-state index in [1.165, 1.54) is 12.0 Å². The van der Waals surface area contributed by atoms with Crippen molar-refractivity contribution in [1.29, 1.82) is 0 Å². The molecule has 2 aliphatic heterocycles. The highest BCUT2D eigenvalue weighted by molar-refractivity contribution is 14.1. The molecule has 0 aromatic heterocycles. The van der Waals surface area contributed by atoms with Crippen LogP contribution in [0.5, 0.6) is 11.5 Å². The number of para-hydroxylation sites is 1. The van der Waals surface area contributed by atoms with Crippen LogP contribution in [0.1, 0.15) is 35.2 Å². The van der Waals surface area contributed by atoms with Crippen molar-refractivity contribution in [2.75, 3.05) is 23.0 Å². The molecular weight excluding hydrogens is 467 g/mol. The Kier molecular flexibility index (Phi) is 5.85. The number of anilines is 1. The van der Waals surface area contributed by atoms with E-state index in [0.29, 0.717) is 29.4 Å². The quantitative estimate of drug-likeness (QED) is 0.313. The molecule has 0 saturated heterocycles. The lowest BCUT2D eigenvalue weighted by Gasteiger charge is -2.22. The van der Waals surface area contributed by atoms with Crippen LogP contribution >= 0.6 is 22.6 Å². The normalized spacial score (nSPS) is 17.0. The number of alkyl halides is 1. The maximum atomic E-state index is 13.3. The predicted octanol–water partition coefficient (Wildman–Crippen LogP) is 4.97. The van der Waals surface area contributed by atoms with Crippen LogP contribution in [-0.2, 0) is 6.42 Å². The number of nitrogens with zero attached hydrogens (tertiary/aromatic N) is 2. The zero-order valence-corrected chi connectivity index (χ0v) is 18.0. The number of carbonyl (C=O) groups excluding carboxylic acids is 1. The molecule has 0 saturated carbocycles. The van der Waals surface area contributed by atoms with E-state index in [-0.39, 0.29) is 11.9 Å². The van der Waals surface area contributed by atoms with Gasteiger partial charge in [0.15, 0.2) is 11.5 Å². The minimum Gasteiger partial charge on any atom is -0.493 e. The van der Waals surface area contributed by atoms with Crippen LogP contribution in [0, 0.1) is 0 Å². The number of hydrogen-bond donors (Lipinski definition) is 0. The Morgan fingerprint density at radius 1 is 1.18 bits per heavy atom. The molecule has 2 aliphatic rings. The summed E-state index contributed by atoms with van der Waals surface area (Å²) >= 11 is 2.39.